The number of nitrogens with one attached hydrogen (secondary N) is 1. The van der Waals surface area contributed by atoms with Gasteiger partial charge in [-0.1, -0.05) is 24.1 Å². The summed E-state index contributed by atoms with van der Waals surface area (Å²) in [5.74, 6) is 0.851. The smallest absolute Gasteiger partial charge is 0.142 e. The predicted octanol–water partition coefficient (Wildman–Crippen LogP) is 3.78. The number of methoxy groups -OCH3 is 1. The molecule has 94 valence electrons. The van der Waals surface area contributed by atoms with Crippen molar-refractivity contribution in [3.8, 4) is 5.75 Å². The van der Waals surface area contributed by atoms with Crippen molar-refractivity contribution < 1.29 is 4.74 Å². The van der Waals surface area contributed by atoms with Crippen LogP contribution in [0.15, 0.2) is 6.07 Å². The van der Waals surface area contributed by atoms with Gasteiger partial charge in [0.15, 0.2) is 0 Å². The number of rotatable bonds is 2. The second kappa shape index (κ2) is 5.28. The van der Waals surface area contributed by atoms with Gasteiger partial charge in [0, 0.05) is 11.6 Å². The third-order valence-electron chi connectivity index (χ3n) is 3.51. The molecule has 0 radical (unpaired) electrons. The number of hydrogen-bond donors (Lipinski definition) is 1. The zero-order valence-corrected chi connectivity index (χ0v) is 11.5. The Morgan fingerprint density at radius 2 is 2.06 bits per heavy atom. The van der Waals surface area contributed by atoms with Crippen LogP contribution in [0.5, 0.6) is 5.75 Å². The first-order chi connectivity index (χ1) is 8.15. The van der Waals surface area contributed by atoms with Crippen LogP contribution >= 0.6 is 11.6 Å². The molecule has 1 aliphatic rings. The van der Waals surface area contributed by atoms with Crippen LogP contribution in [0.3, 0.4) is 0 Å². The Morgan fingerprint density at radius 1 is 1.29 bits per heavy atom. The largest absolute Gasteiger partial charge is 0.495 e. The molecule has 1 aromatic carbocycles. The highest BCUT2D eigenvalue weighted by Gasteiger charge is 2.23. The SMILES string of the molecule is COc1c(Cl)c(C)cc(C)c1C1CCCCN1. The normalized spacial score (nSPS) is 20.4. The fourth-order valence-corrected chi connectivity index (χ4v) is 2.91. The molecule has 1 aliphatic heterocycles. The second-order valence-electron chi connectivity index (χ2n) is 4.77. The van der Waals surface area contributed by atoms with Gasteiger partial charge in [-0.2, -0.15) is 0 Å². The highest BCUT2D eigenvalue weighted by atomic mass is 35.5. The lowest BCUT2D eigenvalue weighted by molar-refractivity contribution is 0.372. The molecule has 3 heteroatoms. The highest BCUT2D eigenvalue weighted by Crippen LogP contribution is 2.39. The van der Waals surface area contributed by atoms with Gasteiger partial charge in [-0.05, 0) is 44.4 Å². The minimum Gasteiger partial charge on any atom is -0.495 e. The Bertz CT molecular complexity index is 411. The summed E-state index contributed by atoms with van der Waals surface area (Å²) in [6.07, 6.45) is 3.69. The van der Waals surface area contributed by atoms with Crippen LogP contribution in [0.1, 0.15) is 42.0 Å². The zero-order valence-electron chi connectivity index (χ0n) is 10.8. The van der Waals surface area contributed by atoms with Crippen LogP contribution in [0.2, 0.25) is 5.02 Å². The Balaban J connectivity index is 2.47. The lowest BCUT2D eigenvalue weighted by Gasteiger charge is -2.27. The summed E-state index contributed by atoms with van der Waals surface area (Å²) in [5, 5.41) is 4.31. The fraction of sp³-hybridized carbons (Fsp3) is 0.571. The molecule has 0 bridgehead atoms. The molecule has 0 saturated carbocycles. The first kappa shape index (κ1) is 12.7. The molecule has 0 aliphatic carbocycles. The highest BCUT2D eigenvalue weighted by molar-refractivity contribution is 6.33. The van der Waals surface area contributed by atoms with Crippen molar-refractivity contribution in [2.75, 3.05) is 13.7 Å². The van der Waals surface area contributed by atoms with Crippen molar-refractivity contribution in [1.82, 2.24) is 5.32 Å². The first-order valence-electron chi connectivity index (χ1n) is 6.22. The average molecular weight is 254 g/mol. The summed E-state index contributed by atoms with van der Waals surface area (Å²) in [5.41, 5.74) is 3.59. The van der Waals surface area contributed by atoms with Crippen LogP contribution < -0.4 is 10.1 Å². The average Bonchev–Trinajstić information content (AvgIpc) is 2.34. The third-order valence-corrected chi connectivity index (χ3v) is 3.98. The zero-order chi connectivity index (χ0) is 12.4. The second-order valence-corrected chi connectivity index (χ2v) is 5.15. The summed E-state index contributed by atoms with van der Waals surface area (Å²) in [4.78, 5) is 0. The summed E-state index contributed by atoms with van der Waals surface area (Å²) >= 11 is 6.34. The molecule has 1 atom stereocenters. The van der Waals surface area contributed by atoms with Gasteiger partial charge >= 0.3 is 0 Å². The van der Waals surface area contributed by atoms with E-state index < -0.39 is 0 Å². The first-order valence-corrected chi connectivity index (χ1v) is 6.60. The standard InChI is InChI=1S/C14H20ClNO/c1-9-8-10(2)13(15)14(17-3)12(9)11-6-4-5-7-16-11/h8,11,16H,4-7H2,1-3H3. The van der Waals surface area contributed by atoms with E-state index in [4.69, 9.17) is 16.3 Å². The van der Waals surface area contributed by atoms with E-state index in [1.165, 1.54) is 24.0 Å². The van der Waals surface area contributed by atoms with E-state index in [2.05, 4.69) is 18.3 Å². The molecular weight excluding hydrogens is 234 g/mol. The van der Waals surface area contributed by atoms with Gasteiger partial charge in [0.2, 0.25) is 0 Å². The van der Waals surface area contributed by atoms with Gasteiger partial charge in [-0.15, -0.1) is 0 Å². The van der Waals surface area contributed by atoms with Crippen molar-refractivity contribution in [2.24, 2.45) is 0 Å². The number of benzene rings is 1. The molecule has 0 spiro atoms. The molecule has 1 N–H and O–H groups in total. The molecule has 2 rings (SSSR count). The Kier molecular flexibility index (Phi) is 3.95. The monoisotopic (exact) mass is 253 g/mol. The molecule has 17 heavy (non-hydrogen) atoms. The van der Waals surface area contributed by atoms with Gasteiger partial charge in [-0.25, -0.2) is 0 Å². The maximum absolute atomic E-state index is 6.34. The van der Waals surface area contributed by atoms with Crippen LogP contribution in [-0.4, -0.2) is 13.7 Å². The minimum absolute atomic E-state index is 0.386. The Labute approximate surface area is 108 Å². The van der Waals surface area contributed by atoms with E-state index in [1.807, 2.05) is 6.92 Å². The molecule has 1 unspecified atom stereocenters. The molecule has 1 fully saturated rings. The molecule has 1 saturated heterocycles. The van der Waals surface area contributed by atoms with Crippen molar-refractivity contribution in [3.05, 3.63) is 27.8 Å². The number of aryl methyl sites for hydroxylation is 2. The van der Waals surface area contributed by atoms with Gasteiger partial charge in [0.05, 0.1) is 12.1 Å². The molecule has 2 nitrogen and oxygen atoms in total. The van der Waals surface area contributed by atoms with Crippen LogP contribution in [0.4, 0.5) is 0 Å². The predicted molar refractivity (Wildman–Crippen MR) is 72.1 cm³/mol. The van der Waals surface area contributed by atoms with E-state index in [0.29, 0.717) is 6.04 Å². The molecule has 1 heterocycles. The van der Waals surface area contributed by atoms with Gasteiger partial charge in [0.25, 0.3) is 0 Å². The van der Waals surface area contributed by atoms with Gasteiger partial charge in [-0.3, -0.25) is 0 Å². The third kappa shape index (κ3) is 2.43. The van der Waals surface area contributed by atoms with Gasteiger partial charge in [0.1, 0.15) is 5.75 Å². The molecule has 0 amide bonds. The minimum atomic E-state index is 0.386. The topological polar surface area (TPSA) is 21.3 Å². The summed E-state index contributed by atoms with van der Waals surface area (Å²) < 4.78 is 5.52. The molecule has 1 aromatic rings. The number of hydrogen-bond acceptors (Lipinski definition) is 2. The Hall–Kier alpha value is -0.730. The lowest BCUT2D eigenvalue weighted by Crippen LogP contribution is -2.27. The van der Waals surface area contributed by atoms with Crippen molar-refractivity contribution >= 4 is 11.6 Å². The number of halogens is 1. The van der Waals surface area contributed by atoms with Crippen LogP contribution in [0.25, 0.3) is 0 Å². The number of ether oxygens (including phenoxy) is 1. The van der Waals surface area contributed by atoms with Crippen LogP contribution in [-0.2, 0) is 0 Å². The van der Waals surface area contributed by atoms with Crippen LogP contribution in [0, 0.1) is 13.8 Å². The molecular formula is C14H20ClNO. The van der Waals surface area contributed by atoms with E-state index in [9.17, 15) is 0 Å². The van der Waals surface area contributed by atoms with Crippen molar-refractivity contribution in [3.63, 3.8) is 0 Å². The van der Waals surface area contributed by atoms with E-state index in [-0.39, 0.29) is 0 Å². The molecule has 0 aromatic heterocycles. The van der Waals surface area contributed by atoms with E-state index >= 15 is 0 Å². The fourth-order valence-electron chi connectivity index (χ4n) is 2.67. The van der Waals surface area contributed by atoms with E-state index in [0.717, 1.165) is 29.3 Å². The van der Waals surface area contributed by atoms with Crippen molar-refractivity contribution in [1.29, 1.82) is 0 Å². The van der Waals surface area contributed by atoms with Crippen molar-refractivity contribution in [2.45, 2.75) is 39.2 Å². The Morgan fingerprint density at radius 3 is 2.65 bits per heavy atom. The number of piperidine rings is 1. The summed E-state index contributed by atoms with van der Waals surface area (Å²) in [7, 11) is 1.70. The summed E-state index contributed by atoms with van der Waals surface area (Å²) in [6, 6.07) is 2.54. The maximum Gasteiger partial charge on any atom is 0.142 e. The van der Waals surface area contributed by atoms with Gasteiger partial charge < -0.3 is 10.1 Å². The quantitative estimate of drug-likeness (QED) is 0.866. The summed E-state index contributed by atoms with van der Waals surface area (Å²) in [6.45, 7) is 5.24. The maximum atomic E-state index is 6.34. The lowest BCUT2D eigenvalue weighted by atomic mass is 9.92. The van der Waals surface area contributed by atoms with E-state index in [1.54, 1.807) is 7.11 Å².